The third-order valence-corrected chi connectivity index (χ3v) is 4.85. The Labute approximate surface area is 115 Å². The molecule has 1 heterocycles. The first-order chi connectivity index (χ1) is 8.49. The Kier molecular flexibility index (Phi) is 4.05. The van der Waals surface area contributed by atoms with Crippen molar-refractivity contribution in [2.24, 2.45) is 5.92 Å². The number of nitrogens with zero attached hydrogens (tertiary/aromatic N) is 1. The monoisotopic (exact) mass is 313 g/mol. The minimum absolute atomic E-state index is 0.00403. The van der Waals surface area contributed by atoms with Gasteiger partial charge in [0.15, 0.2) is 0 Å². The zero-order valence-corrected chi connectivity index (χ0v) is 12.2. The van der Waals surface area contributed by atoms with E-state index in [0.717, 1.165) is 19.5 Å². The highest BCUT2D eigenvalue weighted by atomic mass is 79.9. The SMILES string of the molecule is Cc1cc(C(=O)N2CCC(Br)C(C)C2)ccc1F. The van der Waals surface area contributed by atoms with Crippen LogP contribution in [0.4, 0.5) is 4.39 Å². The second-order valence-electron chi connectivity index (χ2n) is 5.00. The van der Waals surface area contributed by atoms with Gasteiger partial charge in [-0.05, 0) is 43.0 Å². The summed E-state index contributed by atoms with van der Waals surface area (Å²) in [5.41, 5.74) is 1.10. The molecule has 1 aliphatic rings. The third kappa shape index (κ3) is 2.74. The van der Waals surface area contributed by atoms with Gasteiger partial charge in [-0.3, -0.25) is 4.79 Å². The lowest BCUT2D eigenvalue weighted by Crippen LogP contribution is -2.43. The molecule has 0 saturated carbocycles. The molecule has 98 valence electrons. The first-order valence-electron chi connectivity index (χ1n) is 6.18. The molecule has 0 radical (unpaired) electrons. The molecule has 1 aliphatic heterocycles. The maximum atomic E-state index is 13.2. The standard InChI is InChI=1S/C14H17BrFNO/c1-9-7-11(3-4-13(9)16)14(18)17-6-5-12(15)10(2)8-17/h3-4,7,10,12H,5-6,8H2,1-2H3. The van der Waals surface area contributed by atoms with E-state index in [1.165, 1.54) is 6.07 Å². The molecular weight excluding hydrogens is 297 g/mol. The van der Waals surface area contributed by atoms with E-state index in [1.54, 1.807) is 19.1 Å². The molecule has 0 N–H and O–H groups in total. The van der Waals surface area contributed by atoms with E-state index in [1.807, 2.05) is 4.90 Å². The number of hydrogen-bond donors (Lipinski definition) is 0. The van der Waals surface area contributed by atoms with Crippen molar-refractivity contribution in [2.45, 2.75) is 25.1 Å². The van der Waals surface area contributed by atoms with Gasteiger partial charge < -0.3 is 4.90 Å². The second-order valence-corrected chi connectivity index (χ2v) is 6.17. The quantitative estimate of drug-likeness (QED) is 0.728. The summed E-state index contributed by atoms with van der Waals surface area (Å²) in [5.74, 6) is 0.188. The summed E-state index contributed by atoms with van der Waals surface area (Å²) in [6, 6.07) is 4.56. The maximum Gasteiger partial charge on any atom is 0.253 e. The van der Waals surface area contributed by atoms with Crippen molar-refractivity contribution >= 4 is 21.8 Å². The summed E-state index contributed by atoms with van der Waals surface area (Å²) in [4.78, 5) is 14.6. The van der Waals surface area contributed by atoms with Gasteiger partial charge in [0.1, 0.15) is 5.82 Å². The van der Waals surface area contributed by atoms with Gasteiger partial charge in [-0.1, -0.05) is 22.9 Å². The Bertz CT molecular complexity index is 463. The van der Waals surface area contributed by atoms with Crippen molar-refractivity contribution in [3.8, 4) is 0 Å². The van der Waals surface area contributed by atoms with Crippen molar-refractivity contribution < 1.29 is 9.18 Å². The first kappa shape index (κ1) is 13.5. The number of hydrogen-bond acceptors (Lipinski definition) is 1. The number of alkyl halides is 1. The van der Waals surface area contributed by atoms with Crippen LogP contribution in [-0.4, -0.2) is 28.7 Å². The number of aryl methyl sites for hydroxylation is 1. The van der Waals surface area contributed by atoms with Gasteiger partial charge in [-0.25, -0.2) is 4.39 Å². The lowest BCUT2D eigenvalue weighted by Gasteiger charge is -2.34. The lowest BCUT2D eigenvalue weighted by molar-refractivity contribution is 0.0690. The fraction of sp³-hybridized carbons (Fsp3) is 0.500. The Morgan fingerprint density at radius 1 is 1.50 bits per heavy atom. The molecule has 1 aromatic rings. The summed E-state index contributed by atoms with van der Waals surface area (Å²) in [7, 11) is 0. The molecule has 18 heavy (non-hydrogen) atoms. The molecule has 1 aromatic carbocycles. The van der Waals surface area contributed by atoms with Crippen LogP contribution in [0.25, 0.3) is 0 Å². The Morgan fingerprint density at radius 2 is 2.22 bits per heavy atom. The van der Waals surface area contributed by atoms with Crippen molar-refractivity contribution in [3.63, 3.8) is 0 Å². The van der Waals surface area contributed by atoms with Crippen molar-refractivity contribution in [1.82, 2.24) is 4.90 Å². The van der Waals surface area contributed by atoms with Gasteiger partial charge in [0.25, 0.3) is 5.91 Å². The highest BCUT2D eigenvalue weighted by Crippen LogP contribution is 2.24. The largest absolute Gasteiger partial charge is 0.338 e. The topological polar surface area (TPSA) is 20.3 Å². The van der Waals surface area contributed by atoms with E-state index in [-0.39, 0.29) is 11.7 Å². The van der Waals surface area contributed by atoms with E-state index in [9.17, 15) is 9.18 Å². The highest BCUT2D eigenvalue weighted by Gasteiger charge is 2.27. The number of piperidine rings is 1. The van der Waals surface area contributed by atoms with Gasteiger partial charge in [0.2, 0.25) is 0 Å². The average Bonchev–Trinajstić information content (AvgIpc) is 2.35. The van der Waals surface area contributed by atoms with E-state index in [4.69, 9.17) is 0 Å². The first-order valence-corrected chi connectivity index (χ1v) is 7.10. The average molecular weight is 314 g/mol. The molecule has 1 fully saturated rings. The van der Waals surface area contributed by atoms with Crippen LogP contribution in [0, 0.1) is 18.7 Å². The lowest BCUT2D eigenvalue weighted by atomic mass is 9.99. The molecule has 4 heteroatoms. The van der Waals surface area contributed by atoms with Gasteiger partial charge in [0.05, 0.1) is 0 Å². The molecule has 0 bridgehead atoms. The normalized spacial score (nSPS) is 24.1. The molecule has 2 atom stereocenters. The molecule has 0 aliphatic carbocycles. The molecular formula is C14H17BrFNO. The molecule has 1 saturated heterocycles. The summed E-state index contributed by atoms with van der Waals surface area (Å²) in [5, 5.41) is 0. The number of amides is 1. The van der Waals surface area contributed by atoms with Crippen LogP contribution in [0.3, 0.4) is 0 Å². The number of likely N-dealkylation sites (tertiary alicyclic amines) is 1. The van der Waals surface area contributed by atoms with Gasteiger partial charge >= 0.3 is 0 Å². The smallest absolute Gasteiger partial charge is 0.253 e. The zero-order chi connectivity index (χ0) is 13.3. The molecule has 2 rings (SSSR count). The van der Waals surface area contributed by atoms with Crippen molar-refractivity contribution in [2.75, 3.05) is 13.1 Å². The molecule has 0 spiro atoms. The molecule has 1 amide bonds. The zero-order valence-electron chi connectivity index (χ0n) is 10.6. The van der Waals surface area contributed by atoms with Crippen LogP contribution in [0.1, 0.15) is 29.3 Å². The molecule has 2 unspecified atom stereocenters. The van der Waals surface area contributed by atoms with E-state index in [2.05, 4.69) is 22.9 Å². The van der Waals surface area contributed by atoms with Crippen LogP contribution in [0.5, 0.6) is 0 Å². The Balaban J connectivity index is 2.14. The fourth-order valence-electron chi connectivity index (χ4n) is 2.26. The van der Waals surface area contributed by atoms with Crippen LogP contribution in [0.15, 0.2) is 18.2 Å². The minimum atomic E-state index is -0.265. The van der Waals surface area contributed by atoms with Crippen LogP contribution < -0.4 is 0 Å². The van der Waals surface area contributed by atoms with Crippen LogP contribution >= 0.6 is 15.9 Å². The van der Waals surface area contributed by atoms with Gasteiger partial charge in [0, 0.05) is 23.5 Å². The minimum Gasteiger partial charge on any atom is -0.338 e. The fourth-order valence-corrected chi connectivity index (χ4v) is 2.63. The summed E-state index contributed by atoms with van der Waals surface area (Å²) in [6.45, 7) is 5.33. The Hall–Kier alpha value is -0.900. The number of benzene rings is 1. The van der Waals surface area contributed by atoms with Gasteiger partial charge in [-0.15, -0.1) is 0 Å². The van der Waals surface area contributed by atoms with Crippen LogP contribution in [0.2, 0.25) is 0 Å². The van der Waals surface area contributed by atoms with Crippen molar-refractivity contribution in [1.29, 1.82) is 0 Å². The number of halogens is 2. The summed E-state index contributed by atoms with van der Waals surface area (Å²) >= 11 is 3.62. The van der Waals surface area contributed by atoms with E-state index < -0.39 is 0 Å². The summed E-state index contributed by atoms with van der Waals surface area (Å²) < 4.78 is 13.2. The number of carbonyl (C=O) groups excluding carboxylic acids is 1. The number of rotatable bonds is 1. The molecule has 0 aromatic heterocycles. The summed E-state index contributed by atoms with van der Waals surface area (Å²) in [6.07, 6.45) is 0.965. The molecule has 2 nitrogen and oxygen atoms in total. The predicted octanol–water partition coefficient (Wildman–Crippen LogP) is 3.38. The van der Waals surface area contributed by atoms with Crippen molar-refractivity contribution in [3.05, 3.63) is 35.1 Å². The van der Waals surface area contributed by atoms with E-state index in [0.29, 0.717) is 21.9 Å². The van der Waals surface area contributed by atoms with E-state index >= 15 is 0 Å². The van der Waals surface area contributed by atoms with Gasteiger partial charge in [-0.2, -0.15) is 0 Å². The maximum absolute atomic E-state index is 13.2. The van der Waals surface area contributed by atoms with Crippen LogP contribution in [-0.2, 0) is 0 Å². The Morgan fingerprint density at radius 3 is 2.83 bits per heavy atom. The predicted molar refractivity (Wildman–Crippen MR) is 73.5 cm³/mol. The third-order valence-electron chi connectivity index (χ3n) is 3.49. The number of carbonyl (C=O) groups is 1. The second kappa shape index (κ2) is 5.39. The highest BCUT2D eigenvalue weighted by molar-refractivity contribution is 9.09.